The van der Waals surface area contributed by atoms with E-state index < -0.39 is 5.54 Å². The van der Waals surface area contributed by atoms with Crippen LogP contribution in [0.3, 0.4) is 0 Å². The Morgan fingerprint density at radius 3 is 2.90 bits per heavy atom. The van der Waals surface area contributed by atoms with Gasteiger partial charge >= 0.3 is 0 Å². The molecule has 0 spiro atoms. The van der Waals surface area contributed by atoms with Crippen LogP contribution in [-0.2, 0) is 11.2 Å². The van der Waals surface area contributed by atoms with E-state index in [1.807, 2.05) is 6.92 Å². The van der Waals surface area contributed by atoms with Crippen LogP contribution in [0.4, 0.5) is 5.69 Å². The Kier molecular flexibility index (Phi) is 4.88. The van der Waals surface area contributed by atoms with Gasteiger partial charge in [-0.2, -0.15) is 0 Å². The van der Waals surface area contributed by atoms with E-state index in [2.05, 4.69) is 41.4 Å². The number of nitrogens with two attached hydrogens (primary N) is 1. The number of fused-ring (bicyclic) bond motifs is 1. The van der Waals surface area contributed by atoms with Gasteiger partial charge in [0.1, 0.15) is 0 Å². The highest BCUT2D eigenvalue weighted by Gasteiger charge is 2.28. The van der Waals surface area contributed by atoms with E-state index in [4.69, 9.17) is 5.73 Å². The lowest BCUT2D eigenvalue weighted by molar-refractivity contribution is -0.125. The zero-order valence-corrected chi connectivity index (χ0v) is 13.4. The van der Waals surface area contributed by atoms with E-state index >= 15 is 0 Å². The Hall–Kier alpha value is -1.55. The van der Waals surface area contributed by atoms with Crippen LogP contribution in [0.5, 0.6) is 0 Å². The van der Waals surface area contributed by atoms with E-state index in [0.29, 0.717) is 19.0 Å². The molecule has 0 aliphatic carbocycles. The van der Waals surface area contributed by atoms with Gasteiger partial charge in [-0.1, -0.05) is 31.5 Å². The molecule has 0 bridgehead atoms. The van der Waals surface area contributed by atoms with E-state index in [1.54, 1.807) is 6.92 Å². The van der Waals surface area contributed by atoms with Gasteiger partial charge in [-0.05, 0) is 38.3 Å². The fraction of sp³-hybridized carbons (Fsp3) is 0.588. The normalized spacial score (nSPS) is 20.0. The van der Waals surface area contributed by atoms with Gasteiger partial charge in [0.2, 0.25) is 5.91 Å². The largest absolute Gasteiger partial charge is 0.367 e. The number of carbonyl (C=O) groups excluding carboxylic acids is 1. The lowest BCUT2D eigenvalue weighted by Gasteiger charge is -2.27. The molecule has 4 nitrogen and oxygen atoms in total. The molecule has 0 saturated heterocycles. The quantitative estimate of drug-likeness (QED) is 0.843. The number of hydrogen-bond acceptors (Lipinski definition) is 3. The van der Waals surface area contributed by atoms with Crippen molar-refractivity contribution >= 4 is 11.6 Å². The summed E-state index contributed by atoms with van der Waals surface area (Å²) < 4.78 is 0. The standard InChI is InChI=1S/C17H27N3O/c1-4-9-17(3,18)16(21)19-10-11-20-13(2)12-14-7-5-6-8-15(14)20/h5-8,13H,4,9-12,18H2,1-3H3,(H,19,21). The van der Waals surface area contributed by atoms with E-state index in [9.17, 15) is 4.79 Å². The highest BCUT2D eigenvalue weighted by molar-refractivity contribution is 5.85. The third kappa shape index (κ3) is 3.56. The number of benzene rings is 1. The molecule has 1 aromatic rings. The molecule has 4 heteroatoms. The maximum Gasteiger partial charge on any atom is 0.239 e. The maximum absolute atomic E-state index is 12.1. The average Bonchev–Trinajstić information content (AvgIpc) is 2.75. The molecular formula is C17H27N3O. The monoisotopic (exact) mass is 289 g/mol. The Morgan fingerprint density at radius 1 is 1.48 bits per heavy atom. The average molecular weight is 289 g/mol. The van der Waals surface area contributed by atoms with Crippen molar-refractivity contribution in [3.8, 4) is 0 Å². The number of rotatable bonds is 6. The SMILES string of the molecule is CCCC(C)(N)C(=O)NCCN1c2ccccc2CC1C. The first-order valence-electron chi connectivity index (χ1n) is 7.87. The van der Waals surface area contributed by atoms with Gasteiger partial charge in [0.15, 0.2) is 0 Å². The molecule has 3 N–H and O–H groups in total. The lowest BCUT2D eigenvalue weighted by atomic mass is 9.96. The first-order chi connectivity index (χ1) is 9.95. The van der Waals surface area contributed by atoms with Crippen molar-refractivity contribution in [3.05, 3.63) is 29.8 Å². The molecule has 0 radical (unpaired) electrons. The number of para-hydroxylation sites is 1. The predicted molar refractivity (Wildman–Crippen MR) is 87.5 cm³/mol. The predicted octanol–water partition coefficient (Wildman–Crippen LogP) is 2.07. The van der Waals surface area contributed by atoms with Crippen molar-refractivity contribution in [2.75, 3.05) is 18.0 Å². The lowest BCUT2D eigenvalue weighted by Crippen LogP contribution is -2.52. The molecule has 0 aromatic heterocycles. The van der Waals surface area contributed by atoms with Crippen molar-refractivity contribution in [1.82, 2.24) is 5.32 Å². The van der Waals surface area contributed by atoms with Crippen molar-refractivity contribution in [3.63, 3.8) is 0 Å². The van der Waals surface area contributed by atoms with Gasteiger partial charge in [0.25, 0.3) is 0 Å². The third-order valence-electron chi connectivity index (χ3n) is 4.27. The highest BCUT2D eigenvalue weighted by atomic mass is 16.2. The zero-order valence-electron chi connectivity index (χ0n) is 13.4. The maximum atomic E-state index is 12.1. The molecule has 21 heavy (non-hydrogen) atoms. The van der Waals surface area contributed by atoms with Crippen molar-refractivity contribution < 1.29 is 4.79 Å². The van der Waals surface area contributed by atoms with E-state index in [0.717, 1.165) is 19.4 Å². The van der Waals surface area contributed by atoms with Crippen LogP contribution >= 0.6 is 0 Å². The van der Waals surface area contributed by atoms with Crippen LogP contribution in [0.25, 0.3) is 0 Å². The second-order valence-corrected chi connectivity index (χ2v) is 6.30. The van der Waals surface area contributed by atoms with Gasteiger partial charge in [0, 0.05) is 24.8 Å². The Labute approximate surface area is 127 Å². The molecule has 1 aliphatic rings. The molecular weight excluding hydrogens is 262 g/mol. The first-order valence-corrected chi connectivity index (χ1v) is 7.87. The molecule has 116 valence electrons. The smallest absolute Gasteiger partial charge is 0.239 e. The minimum absolute atomic E-state index is 0.0514. The number of hydrogen-bond donors (Lipinski definition) is 2. The van der Waals surface area contributed by atoms with Crippen LogP contribution in [-0.4, -0.2) is 30.6 Å². The minimum Gasteiger partial charge on any atom is -0.367 e. The second kappa shape index (κ2) is 6.48. The van der Waals surface area contributed by atoms with Gasteiger partial charge < -0.3 is 16.0 Å². The van der Waals surface area contributed by atoms with E-state index in [-0.39, 0.29) is 5.91 Å². The summed E-state index contributed by atoms with van der Waals surface area (Å²) in [6.07, 6.45) is 2.70. The van der Waals surface area contributed by atoms with Crippen LogP contribution < -0.4 is 16.0 Å². The number of nitrogens with one attached hydrogen (secondary N) is 1. The summed E-state index contributed by atoms with van der Waals surface area (Å²) in [4.78, 5) is 14.5. The third-order valence-corrected chi connectivity index (χ3v) is 4.27. The molecule has 2 atom stereocenters. The molecule has 1 heterocycles. The topological polar surface area (TPSA) is 58.4 Å². The summed E-state index contributed by atoms with van der Waals surface area (Å²) in [6, 6.07) is 8.98. The van der Waals surface area contributed by atoms with Crippen LogP contribution in [0.2, 0.25) is 0 Å². The summed E-state index contributed by atoms with van der Waals surface area (Å²) in [7, 11) is 0. The molecule has 0 fully saturated rings. The highest BCUT2D eigenvalue weighted by Crippen LogP contribution is 2.31. The summed E-state index contributed by atoms with van der Waals surface area (Å²) in [5.41, 5.74) is 7.97. The molecule has 2 unspecified atom stereocenters. The van der Waals surface area contributed by atoms with Gasteiger partial charge in [-0.3, -0.25) is 4.79 Å². The molecule has 1 aromatic carbocycles. The van der Waals surface area contributed by atoms with Crippen molar-refractivity contribution in [2.45, 2.75) is 51.6 Å². The van der Waals surface area contributed by atoms with Crippen molar-refractivity contribution in [2.24, 2.45) is 5.73 Å². The Bertz CT molecular complexity index is 499. The summed E-state index contributed by atoms with van der Waals surface area (Å²) >= 11 is 0. The van der Waals surface area contributed by atoms with Crippen LogP contribution in [0, 0.1) is 0 Å². The number of anilines is 1. The van der Waals surface area contributed by atoms with Gasteiger partial charge in [-0.15, -0.1) is 0 Å². The fourth-order valence-electron chi connectivity index (χ4n) is 3.10. The fourth-order valence-corrected chi connectivity index (χ4v) is 3.10. The summed E-state index contributed by atoms with van der Waals surface area (Å²) in [5.74, 6) is -0.0514. The molecule has 2 rings (SSSR count). The first kappa shape index (κ1) is 15.8. The van der Waals surface area contributed by atoms with Crippen LogP contribution in [0.15, 0.2) is 24.3 Å². The Balaban J connectivity index is 1.88. The summed E-state index contributed by atoms with van der Waals surface area (Å²) in [6.45, 7) is 7.53. The molecule has 1 aliphatic heterocycles. The number of carbonyl (C=O) groups is 1. The minimum atomic E-state index is -0.761. The van der Waals surface area contributed by atoms with Crippen molar-refractivity contribution in [1.29, 1.82) is 0 Å². The van der Waals surface area contributed by atoms with Gasteiger partial charge in [-0.25, -0.2) is 0 Å². The molecule has 1 amide bonds. The number of nitrogens with zero attached hydrogens (tertiary/aromatic N) is 1. The van der Waals surface area contributed by atoms with E-state index in [1.165, 1.54) is 11.3 Å². The summed E-state index contributed by atoms with van der Waals surface area (Å²) in [5, 5.41) is 2.98. The van der Waals surface area contributed by atoms with Gasteiger partial charge in [0.05, 0.1) is 5.54 Å². The number of amides is 1. The molecule has 0 saturated carbocycles. The zero-order chi connectivity index (χ0) is 15.5. The van der Waals surface area contributed by atoms with Crippen LogP contribution in [0.1, 0.15) is 39.2 Å². The Morgan fingerprint density at radius 2 is 2.19 bits per heavy atom. The second-order valence-electron chi connectivity index (χ2n) is 6.30.